The lowest BCUT2D eigenvalue weighted by atomic mass is 9.93. The Morgan fingerprint density at radius 3 is 2.43 bits per heavy atom. The normalized spacial score (nSPS) is 21.4. The van der Waals surface area contributed by atoms with Crippen LogP contribution in [0, 0.1) is 0 Å². The molecule has 2 heteroatoms. The Morgan fingerprint density at radius 2 is 1.93 bits per heavy atom. The fourth-order valence-electron chi connectivity index (χ4n) is 2.76. The second kappa shape index (κ2) is 6.41. The topological polar surface area (TPSA) is 15.3 Å². The zero-order chi connectivity index (χ0) is 10.4. The molecule has 0 aromatic carbocycles. The second-order valence-corrected chi connectivity index (χ2v) is 4.53. The number of rotatable bonds is 5. The molecule has 1 aliphatic carbocycles. The van der Waals surface area contributed by atoms with Crippen LogP contribution >= 0.6 is 0 Å². The van der Waals surface area contributed by atoms with Crippen LogP contribution in [0.2, 0.25) is 0 Å². The third kappa shape index (κ3) is 3.25. The van der Waals surface area contributed by atoms with Crippen LogP contribution in [0.4, 0.5) is 0 Å². The number of hydrogen-bond acceptors (Lipinski definition) is 2. The van der Waals surface area contributed by atoms with E-state index in [1.54, 1.807) is 0 Å². The minimum absolute atomic E-state index is 0.688. The molecule has 1 aliphatic rings. The number of hydrogen-bond donors (Lipinski definition) is 1. The molecular weight excluding hydrogens is 172 g/mol. The van der Waals surface area contributed by atoms with Gasteiger partial charge in [-0.05, 0) is 33.4 Å². The quantitative estimate of drug-likeness (QED) is 0.729. The van der Waals surface area contributed by atoms with Gasteiger partial charge in [-0.15, -0.1) is 0 Å². The van der Waals surface area contributed by atoms with Crippen molar-refractivity contribution < 1.29 is 0 Å². The first-order valence-electron chi connectivity index (χ1n) is 6.20. The van der Waals surface area contributed by atoms with Crippen molar-refractivity contribution in [3.05, 3.63) is 0 Å². The van der Waals surface area contributed by atoms with Crippen molar-refractivity contribution in [2.45, 2.75) is 58.0 Å². The van der Waals surface area contributed by atoms with Gasteiger partial charge in [-0.25, -0.2) is 0 Å². The van der Waals surface area contributed by atoms with Crippen molar-refractivity contribution in [3.8, 4) is 0 Å². The Balaban J connectivity index is 2.41. The van der Waals surface area contributed by atoms with E-state index in [0.717, 1.165) is 12.6 Å². The van der Waals surface area contributed by atoms with Crippen molar-refractivity contribution in [2.24, 2.45) is 0 Å². The van der Waals surface area contributed by atoms with E-state index in [4.69, 9.17) is 0 Å². The molecule has 1 N–H and O–H groups in total. The van der Waals surface area contributed by atoms with Crippen LogP contribution in [-0.2, 0) is 0 Å². The monoisotopic (exact) mass is 198 g/mol. The Hall–Kier alpha value is -0.0800. The molecule has 14 heavy (non-hydrogen) atoms. The fraction of sp³-hybridized carbons (Fsp3) is 1.00. The van der Waals surface area contributed by atoms with Gasteiger partial charge in [-0.1, -0.05) is 26.2 Å². The van der Waals surface area contributed by atoms with Crippen molar-refractivity contribution in [1.29, 1.82) is 0 Å². The van der Waals surface area contributed by atoms with E-state index in [-0.39, 0.29) is 0 Å². The van der Waals surface area contributed by atoms with Crippen molar-refractivity contribution in [3.63, 3.8) is 0 Å². The Morgan fingerprint density at radius 1 is 1.29 bits per heavy atom. The lowest BCUT2D eigenvalue weighted by molar-refractivity contribution is 0.119. The maximum atomic E-state index is 3.28. The van der Waals surface area contributed by atoms with Gasteiger partial charge in [0.2, 0.25) is 0 Å². The minimum Gasteiger partial charge on any atom is -0.318 e. The molecule has 0 amide bonds. The number of nitrogens with one attached hydrogen (secondary N) is 1. The predicted molar refractivity (Wildman–Crippen MR) is 62.6 cm³/mol. The maximum absolute atomic E-state index is 3.28. The van der Waals surface area contributed by atoms with E-state index < -0.39 is 0 Å². The molecule has 0 aromatic rings. The molecule has 1 saturated carbocycles. The van der Waals surface area contributed by atoms with Gasteiger partial charge in [0.15, 0.2) is 0 Å². The highest BCUT2D eigenvalue weighted by Gasteiger charge is 2.23. The highest BCUT2D eigenvalue weighted by atomic mass is 15.2. The Kier molecular flexibility index (Phi) is 5.49. The van der Waals surface area contributed by atoms with Gasteiger partial charge in [-0.3, -0.25) is 4.90 Å². The molecule has 0 heterocycles. The van der Waals surface area contributed by atoms with Crippen LogP contribution in [-0.4, -0.2) is 37.1 Å². The zero-order valence-corrected chi connectivity index (χ0v) is 10.1. The van der Waals surface area contributed by atoms with Crippen LogP contribution in [0.25, 0.3) is 0 Å². The van der Waals surface area contributed by atoms with Gasteiger partial charge >= 0.3 is 0 Å². The number of likely N-dealkylation sites (N-methyl/N-ethyl adjacent to an activating group) is 2. The lowest BCUT2D eigenvalue weighted by Gasteiger charge is -2.37. The summed E-state index contributed by atoms with van der Waals surface area (Å²) in [4.78, 5) is 2.68. The fourth-order valence-corrected chi connectivity index (χ4v) is 2.76. The van der Waals surface area contributed by atoms with Crippen LogP contribution in [0.5, 0.6) is 0 Å². The molecule has 1 rings (SSSR count). The molecule has 0 bridgehead atoms. The molecule has 1 atom stereocenters. The summed E-state index contributed by atoms with van der Waals surface area (Å²) in [5.74, 6) is 0. The largest absolute Gasteiger partial charge is 0.318 e. The average Bonchev–Trinajstić information content (AvgIpc) is 2.21. The van der Waals surface area contributed by atoms with E-state index in [9.17, 15) is 0 Å². The summed E-state index contributed by atoms with van der Waals surface area (Å²) in [6, 6.07) is 1.55. The smallest absolute Gasteiger partial charge is 0.0195 e. The first-order chi connectivity index (χ1) is 6.79. The average molecular weight is 198 g/mol. The molecule has 84 valence electrons. The predicted octanol–water partition coefficient (Wildman–Crippen LogP) is 2.25. The summed E-state index contributed by atoms with van der Waals surface area (Å²) in [6.45, 7) is 6.95. The highest BCUT2D eigenvalue weighted by Crippen LogP contribution is 2.23. The second-order valence-electron chi connectivity index (χ2n) is 4.53. The Labute approximate surface area is 89.1 Å². The molecule has 1 unspecified atom stereocenters. The first-order valence-corrected chi connectivity index (χ1v) is 6.20. The molecule has 0 saturated heterocycles. The summed E-state index contributed by atoms with van der Waals surface area (Å²) < 4.78 is 0. The summed E-state index contributed by atoms with van der Waals surface area (Å²) in [5, 5.41) is 3.28. The molecule has 1 fully saturated rings. The van der Waals surface area contributed by atoms with Crippen molar-refractivity contribution in [2.75, 3.05) is 20.1 Å². The maximum Gasteiger partial charge on any atom is 0.0195 e. The van der Waals surface area contributed by atoms with E-state index >= 15 is 0 Å². The summed E-state index contributed by atoms with van der Waals surface area (Å²) in [5.41, 5.74) is 0. The van der Waals surface area contributed by atoms with Crippen LogP contribution in [0.15, 0.2) is 0 Å². The van der Waals surface area contributed by atoms with E-state index in [0.29, 0.717) is 6.04 Å². The van der Waals surface area contributed by atoms with Crippen molar-refractivity contribution in [1.82, 2.24) is 10.2 Å². The molecule has 0 aliphatic heterocycles. The van der Waals surface area contributed by atoms with Gasteiger partial charge in [0.05, 0.1) is 0 Å². The van der Waals surface area contributed by atoms with Gasteiger partial charge in [-0.2, -0.15) is 0 Å². The van der Waals surface area contributed by atoms with E-state index in [1.807, 2.05) is 7.05 Å². The van der Waals surface area contributed by atoms with Crippen molar-refractivity contribution >= 4 is 0 Å². The molecule has 2 nitrogen and oxygen atoms in total. The van der Waals surface area contributed by atoms with Crippen LogP contribution in [0.3, 0.4) is 0 Å². The van der Waals surface area contributed by atoms with E-state index in [1.165, 1.54) is 38.6 Å². The highest BCUT2D eigenvalue weighted by molar-refractivity contribution is 4.79. The Bertz CT molecular complexity index is 141. The summed E-state index contributed by atoms with van der Waals surface area (Å²) in [6.07, 6.45) is 7.17. The molecule has 0 aromatic heterocycles. The van der Waals surface area contributed by atoms with Gasteiger partial charge in [0, 0.05) is 18.6 Å². The molecular formula is C12H26N2. The number of nitrogens with zero attached hydrogens (tertiary/aromatic N) is 1. The van der Waals surface area contributed by atoms with Crippen LogP contribution in [0.1, 0.15) is 46.0 Å². The third-order valence-electron chi connectivity index (χ3n) is 3.47. The van der Waals surface area contributed by atoms with E-state index in [2.05, 4.69) is 24.1 Å². The third-order valence-corrected chi connectivity index (χ3v) is 3.47. The summed E-state index contributed by atoms with van der Waals surface area (Å²) >= 11 is 0. The summed E-state index contributed by atoms with van der Waals surface area (Å²) in [7, 11) is 2.05. The minimum atomic E-state index is 0.688. The lowest BCUT2D eigenvalue weighted by Crippen LogP contribution is -2.46. The SMILES string of the molecule is CCN(C(C)CNC)C1CCCCC1. The van der Waals surface area contributed by atoms with Gasteiger partial charge < -0.3 is 5.32 Å². The first kappa shape index (κ1) is 12.0. The molecule has 0 spiro atoms. The van der Waals surface area contributed by atoms with Gasteiger partial charge in [0.1, 0.15) is 0 Å². The molecule has 0 radical (unpaired) electrons. The van der Waals surface area contributed by atoms with Gasteiger partial charge in [0.25, 0.3) is 0 Å². The standard InChI is InChI=1S/C12H26N2/c1-4-14(11(2)10-13-3)12-8-6-5-7-9-12/h11-13H,4-10H2,1-3H3. The van der Waals surface area contributed by atoms with Crippen LogP contribution < -0.4 is 5.32 Å². The zero-order valence-electron chi connectivity index (χ0n) is 10.1.